The molecule has 0 aliphatic rings. The van der Waals surface area contributed by atoms with Crippen LogP contribution in [0.5, 0.6) is 0 Å². The SMILES string of the molecule is CC(O)(CO)CNCc1cc(C(N)=O)ccc1F. The van der Waals surface area contributed by atoms with Crippen LogP contribution in [0.3, 0.4) is 0 Å². The predicted molar refractivity (Wildman–Crippen MR) is 64.3 cm³/mol. The molecule has 0 fully saturated rings. The third-order valence-electron chi connectivity index (χ3n) is 2.49. The van der Waals surface area contributed by atoms with E-state index in [0.29, 0.717) is 0 Å². The van der Waals surface area contributed by atoms with E-state index in [9.17, 15) is 14.3 Å². The number of halogens is 1. The smallest absolute Gasteiger partial charge is 0.248 e. The molecule has 0 aromatic heterocycles. The summed E-state index contributed by atoms with van der Waals surface area (Å²) in [7, 11) is 0. The van der Waals surface area contributed by atoms with E-state index in [0.717, 1.165) is 0 Å². The lowest BCUT2D eigenvalue weighted by atomic mass is 10.1. The van der Waals surface area contributed by atoms with Crippen LogP contribution in [-0.2, 0) is 6.54 Å². The number of aliphatic hydroxyl groups is 2. The molecule has 0 spiro atoms. The standard InChI is InChI=1S/C12H17FN2O3/c1-12(18,7-16)6-15-5-9-4-8(11(14)17)2-3-10(9)13/h2-4,15-16,18H,5-7H2,1H3,(H2,14,17). The van der Waals surface area contributed by atoms with Crippen molar-refractivity contribution in [3.63, 3.8) is 0 Å². The number of nitrogens with two attached hydrogens (primary N) is 1. The molecule has 5 N–H and O–H groups in total. The van der Waals surface area contributed by atoms with Crippen molar-refractivity contribution in [2.24, 2.45) is 5.73 Å². The Kier molecular flexibility index (Phi) is 4.77. The highest BCUT2D eigenvalue weighted by Crippen LogP contribution is 2.10. The molecule has 0 aliphatic heterocycles. The first-order chi connectivity index (χ1) is 8.35. The number of rotatable bonds is 6. The van der Waals surface area contributed by atoms with Gasteiger partial charge in [0.25, 0.3) is 0 Å². The molecule has 1 atom stereocenters. The molecule has 0 saturated heterocycles. The van der Waals surface area contributed by atoms with Crippen LogP contribution in [0.1, 0.15) is 22.8 Å². The summed E-state index contributed by atoms with van der Waals surface area (Å²) >= 11 is 0. The molecular weight excluding hydrogens is 239 g/mol. The van der Waals surface area contributed by atoms with Crippen LogP contribution in [-0.4, -0.2) is 34.9 Å². The Morgan fingerprint density at radius 3 is 2.78 bits per heavy atom. The molecule has 100 valence electrons. The zero-order valence-electron chi connectivity index (χ0n) is 10.1. The van der Waals surface area contributed by atoms with E-state index in [4.69, 9.17) is 10.8 Å². The quantitative estimate of drug-likeness (QED) is 0.565. The topological polar surface area (TPSA) is 95.6 Å². The average Bonchev–Trinajstić information content (AvgIpc) is 2.31. The predicted octanol–water partition coefficient (Wildman–Crippen LogP) is -0.243. The zero-order chi connectivity index (χ0) is 13.8. The summed E-state index contributed by atoms with van der Waals surface area (Å²) in [6, 6.07) is 3.84. The van der Waals surface area contributed by atoms with E-state index in [1.807, 2.05) is 0 Å². The minimum absolute atomic E-state index is 0.101. The Balaban J connectivity index is 2.67. The van der Waals surface area contributed by atoms with Crippen LogP contribution in [0.4, 0.5) is 4.39 Å². The maximum absolute atomic E-state index is 13.4. The van der Waals surface area contributed by atoms with Gasteiger partial charge in [-0.15, -0.1) is 0 Å². The lowest BCUT2D eigenvalue weighted by Crippen LogP contribution is -2.40. The number of benzene rings is 1. The number of nitrogens with one attached hydrogen (secondary N) is 1. The third-order valence-corrected chi connectivity index (χ3v) is 2.49. The Hall–Kier alpha value is -1.50. The molecule has 0 heterocycles. The highest BCUT2D eigenvalue weighted by Gasteiger charge is 2.18. The largest absolute Gasteiger partial charge is 0.393 e. The van der Waals surface area contributed by atoms with Gasteiger partial charge in [-0.25, -0.2) is 4.39 Å². The Morgan fingerprint density at radius 1 is 1.56 bits per heavy atom. The first-order valence-corrected chi connectivity index (χ1v) is 5.48. The van der Waals surface area contributed by atoms with Crippen LogP contribution >= 0.6 is 0 Å². The molecule has 6 heteroatoms. The normalized spacial score (nSPS) is 14.2. The van der Waals surface area contributed by atoms with Gasteiger partial charge in [-0.05, 0) is 25.1 Å². The van der Waals surface area contributed by atoms with Crippen molar-refractivity contribution < 1.29 is 19.4 Å². The van der Waals surface area contributed by atoms with E-state index in [-0.39, 0.29) is 24.2 Å². The molecule has 0 bridgehead atoms. The van der Waals surface area contributed by atoms with Crippen molar-refractivity contribution in [1.29, 1.82) is 0 Å². The van der Waals surface area contributed by atoms with Gasteiger partial charge < -0.3 is 21.3 Å². The first-order valence-electron chi connectivity index (χ1n) is 5.48. The van der Waals surface area contributed by atoms with E-state index in [1.165, 1.54) is 25.1 Å². The van der Waals surface area contributed by atoms with Gasteiger partial charge in [0, 0.05) is 24.2 Å². The maximum atomic E-state index is 13.4. The number of carbonyl (C=O) groups excluding carboxylic acids is 1. The fourth-order valence-corrected chi connectivity index (χ4v) is 1.39. The van der Waals surface area contributed by atoms with E-state index < -0.39 is 23.9 Å². The Labute approximate surface area is 104 Å². The number of aliphatic hydroxyl groups excluding tert-OH is 1. The monoisotopic (exact) mass is 256 g/mol. The first kappa shape index (κ1) is 14.6. The van der Waals surface area contributed by atoms with Gasteiger partial charge in [-0.2, -0.15) is 0 Å². The molecule has 1 unspecified atom stereocenters. The van der Waals surface area contributed by atoms with E-state index >= 15 is 0 Å². The van der Waals surface area contributed by atoms with Gasteiger partial charge in [0.2, 0.25) is 5.91 Å². The number of hydrogen-bond donors (Lipinski definition) is 4. The van der Waals surface area contributed by atoms with Crippen LogP contribution in [0, 0.1) is 5.82 Å². The highest BCUT2D eigenvalue weighted by molar-refractivity contribution is 5.92. The second-order valence-electron chi connectivity index (χ2n) is 4.43. The van der Waals surface area contributed by atoms with E-state index in [2.05, 4.69) is 5.32 Å². The fraction of sp³-hybridized carbons (Fsp3) is 0.417. The molecule has 0 saturated carbocycles. The van der Waals surface area contributed by atoms with Gasteiger partial charge >= 0.3 is 0 Å². The summed E-state index contributed by atoms with van der Waals surface area (Å²) in [5, 5.41) is 21.2. The molecule has 0 aliphatic carbocycles. The van der Waals surface area contributed by atoms with Crippen LogP contribution in [0.15, 0.2) is 18.2 Å². The summed E-state index contributed by atoms with van der Waals surface area (Å²) in [5.41, 5.74) is 4.33. The van der Waals surface area contributed by atoms with Gasteiger partial charge in [-0.3, -0.25) is 4.79 Å². The summed E-state index contributed by atoms with van der Waals surface area (Å²) in [6.07, 6.45) is 0. The third kappa shape index (κ3) is 4.06. The molecule has 1 aromatic rings. The van der Waals surface area contributed by atoms with E-state index in [1.54, 1.807) is 0 Å². The number of hydrogen-bond acceptors (Lipinski definition) is 4. The molecule has 0 radical (unpaired) electrons. The summed E-state index contributed by atoms with van der Waals surface area (Å²) in [5.74, 6) is -1.09. The maximum Gasteiger partial charge on any atom is 0.248 e. The van der Waals surface area contributed by atoms with Crippen molar-refractivity contribution in [2.75, 3.05) is 13.2 Å². The molecule has 5 nitrogen and oxygen atoms in total. The summed E-state index contributed by atoms with van der Waals surface area (Å²) in [6.45, 7) is 1.28. The van der Waals surface area contributed by atoms with Crippen molar-refractivity contribution in [2.45, 2.75) is 19.1 Å². The van der Waals surface area contributed by atoms with Crippen LogP contribution in [0.2, 0.25) is 0 Å². The van der Waals surface area contributed by atoms with Gasteiger partial charge in [0.15, 0.2) is 0 Å². The molecule has 18 heavy (non-hydrogen) atoms. The number of amides is 1. The molecule has 1 amide bonds. The van der Waals surface area contributed by atoms with Gasteiger partial charge in [0.1, 0.15) is 5.82 Å². The van der Waals surface area contributed by atoms with Crippen molar-refractivity contribution in [3.05, 3.63) is 35.1 Å². The number of primary amides is 1. The molecular formula is C12H17FN2O3. The minimum atomic E-state index is -1.27. The summed E-state index contributed by atoms with van der Waals surface area (Å²) < 4.78 is 13.4. The Morgan fingerprint density at radius 2 is 2.22 bits per heavy atom. The van der Waals surface area contributed by atoms with Crippen molar-refractivity contribution >= 4 is 5.91 Å². The number of carbonyl (C=O) groups is 1. The van der Waals surface area contributed by atoms with Gasteiger partial charge in [0.05, 0.1) is 12.2 Å². The van der Waals surface area contributed by atoms with Gasteiger partial charge in [-0.1, -0.05) is 0 Å². The fourth-order valence-electron chi connectivity index (χ4n) is 1.39. The van der Waals surface area contributed by atoms with Crippen LogP contribution in [0.25, 0.3) is 0 Å². The Bertz CT molecular complexity index is 435. The van der Waals surface area contributed by atoms with Crippen molar-refractivity contribution in [1.82, 2.24) is 5.32 Å². The zero-order valence-corrected chi connectivity index (χ0v) is 10.1. The average molecular weight is 256 g/mol. The van der Waals surface area contributed by atoms with Crippen LogP contribution < -0.4 is 11.1 Å². The second-order valence-corrected chi connectivity index (χ2v) is 4.43. The lowest BCUT2D eigenvalue weighted by Gasteiger charge is -2.20. The minimum Gasteiger partial charge on any atom is -0.393 e. The highest BCUT2D eigenvalue weighted by atomic mass is 19.1. The van der Waals surface area contributed by atoms with Crippen molar-refractivity contribution in [3.8, 4) is 0 Å². The molecule has 1 rings (SSSR count). The molecule has 1 aromatic carbocycles. The second kappa shape index (κ2) is 5.90. The lowest BCUT2D eigenvalue weighted by molar-refractivity contribution is 0.00249. The summed E-state index contributed by atoms with van der Waals surface area (Å²) in [4.78, 5) is 11.0.